The number of rotatable bonds is 7. The Bertz CT molecular complexity index is 998. The lowest BCUT2D eigenvalue weighted by molar-refractivity contribution is -0.288. The van der Waals surface area contributed by atoms with Gasteiger partial charge in [-0.2, -0.15) is 0 Å². The van der Waals surface area contributed by atoms with Crippen LogP contribution in [0.4, 0.5) is 0 Å². The van der Waals surface area contributed by atoms with Gasteiger partial charge in [-0.1, -0.05) is 27.7 Å². The summed E-state index contributed by atoms with van der Waals surface area (Å²) >= 11 is 0. The van der Waals surface area contributed by atoms with Gasteiger partial charge in [0.1, 0.15) is 18.3 Å². The highest BCUT2D eigenvalue weighted by Crippen LogP contribution is 2.70. The monoisotopic (exact) mass is 568 g/mol. The molecule has 0 radical (unpaired) electrons. The van der Waals surface area contributed by atoms with E-state index in [9.17, 15) is 24.6 Å². The van der Waals surface area contributed by atoms with Crippen LogP contribution in [0.15, 0.2) is 0 Å². The Kier molecular flexibility index (Phi) is 7.78. The largest absolute Gasteiger partial charge is 0.465 e. The minimum absolute atomic E-state index is 0.0296. The molecule has 0 aromatic rings. The van der Waals surface area contributed by atoms with Crippen molar-refractivity contribution in [3.8, 4) is 0 Å². The Hall–Kier alpha value is -1.79. The van der Waals surface area contributed by atoms with Crippen LogP contribution in [0.2, 0.25) is 0 Å². The van der Waals surface area contributed by atoms with Crippen molar-refractivity contribution in [1.29, 1.82) is 0 Å². The van der Waals surface area contributed by atoms with Crippen molar-refractivity contribution in [3.05, 3.63) is 0 Å². The van der Waals surface area contributed by atoms with Gasteiger partial charge in [0.15, 0.2) is 18.7 Å². The molecule has 2 N–H and O–H groups in total. The predicted molar refractivity (Wildman–Crippen MR) is 137 cm³/mol. The summed E-state index contributed by atoms with van der Waals surface area (Å²) in [5.41, 5.74) is -2.94. The molecule has 5 aliphatic rings. The van der Waals surface area contributed by atoms with Crippen molar-refractivity contribution in [1.82, 2.24) is 0 Å². The number of hydrogen-bond donors (Lipinski definition) is 2. The van der Waals surface area contributed by atoms with Gasteiger partial charge < -0.3 is 38.6 Å². The number of carbonyl (C=O) groups is 3. The molecule has 5 fully saturated rings. The predicted octanol–water partition coefficient (Wildman–Crippen LogP) is 2.09. The molecule has 3 saturated heterocycles. The second-order valence-electron chi connectivity index (χ2n) is 12.9. The van der Waals surface area contributed by atoms with Crippen LogP contribution in [0.25, 0.3) is 0 Å². The average molecular weight is 569 g/mol. The molecular formula is C29H44O11. The lowest BCUT2D eigenvalue weighted by Gasteiger charge is -2.65. The number of hydrogen-bond acceptors (Lipinski definition) is 11. The number of esters is 3. The Labute approximate surface area is 235 Å². The Morgan fingerprint density at radius 2 is 1.73 bits per heavy atom. The zero-order valence-corrected chi connectivity index (χ0v) is 24.3. The van der Waals surface area contributed by atoms with Gasteiger partial charge in [-0.3, -0.25) is 14.4 Å². The first-order chi connectivity index (χ1) is 18.8. The number of ether oxygens (including phenoxy) is 6. The quantitative estimate of drug-likeness (QED) is 0.264. The maximum absolute atomic E-state index is 13.0. The van der Waals surface area contributed by atoms with Crippen molar-refractivity contribution < 1.29 is 53.0 Å². The molecule has 1 spiro atoms. The first kappa shape index (κ1) is 29.7. The molecule has 40 heavy (non-hydrogen) atoms. The Morgan fingerprint density at radius 3 is 2.30 bits per heavy atom. The molecule has 11 heteroatoms. The maximum atomic E-state index is 13.0. The molecule has 2 saturated carbocycles. The Balaban J connectivity index is 1.61. The second-order valence-corrected chi connectivity index (χ2v) is 12.9. The molecule has 226 valence electrons. The Morgan fingerprint density at radius 1 is 1.02 bits per heavy atom. The second kappa shape index (κ2) is 10.5. The van der Waals surface area contributed by atoms with Crippen LogP contribution >= 0.6 is 0 Å². The van der Waals surface area contributed by atoms with E-state index in [0.29, 0.717) is 25.7 Å². The van der Waals surface area contributed by atoms with Crippen molar-refractivity contribution in [3.63, 3.8) is 0 Å². The van der Waals surface area contributed by atoms with Gasteiger partial charge in [-0.15, -0.1) is 0 Å². The van der Waals surface area contributed by atoms with E-state index in [0.717, 1.165) is 0 Å². The molecule has 1 unspecified atom stereocenters. The normalized spacial score (nSPS) is 48.1. The fourth-order valence-electron chi connectivity index (χ4n) is 8.34. The molecule has 0 aromatic carbocycles. The van der Waals surface area contributed by atoms with Gasteiger partial charge in [0.25, 0.3) is 0 Å². The summed E-state index contributed by atoms with van der Waals surface area (Å²) in [5, 5.41) is 21.6. The lowest BCUT2D eigenvalue weighted by atomic mass is 9.41. The van der Waals surface area contributed by atoms with Crippen LogP contribution in [-0.2, 0) is 42.8 Å². The van der Waals surface area contributed by atoms with Crippen LogP contribution in [0, 0.1) is 34.5 Å². The summed E-state index contributed by atoms with van der Waals surface area (Å²) in [7, 11) is 0. The maximum Gasteiger partial charge on any atom is 0.309 e. The highest BCUT2D eigenvalue weighted by atomic mass is 16.7. The van der Waals surface area contributed by atoms with E-state index in [1.165, 1.54) is 13.8 Å². The van der Waals surface area contributed by atoms with E-state index in [1.807, 2.05) is 6.92 Å². The van der Waals surface area contributed by atoms with Gasteiger partial charge in [0.05, 0.1) is 30.1 Å². The third-order valence-corrected chi connectivity index (χ3v) is 10.9. The number of carbonyl (C=O) groups excluding carboxylic acids is 3. The molecule has 3 heterocycles. The van der Waals surface area contributed by atoms with Crippen molar-refractivity contribution in [2.75, 3.05) is 13.2 Å². The zero-order chi connectivity index (χ0) is 29.2. The molecule has 13 atom stereocenters. The van der Waals surface area contributed by atoms with Gasteiger partial charge in [-0.05, 0) is 37.5 Å². The first-order valence-electron chi connectivity index (χ1n) is 14.6. The fraction of sp³-hybridized carbons (Fsp3) is 0.897. The van der Waals surface area contributed by atoms with Gasteiger partial charge >= 0.3 is 17.9 Å². The fourth-order valence-corrected chi connectivity index (χ4v) is 8.34. The smallest absolute Gasteiger partial charge is 0.309 e. The average Bonchev–Trinajstić information content (AvgIpc) is 3.46. The number of fused-ring (bicyclic) bond motifs is 3. The molecule has 3 aliphatic heterocycles. The molecule has 0 amide bonds. The summed E-state index contributed by atoms with van der Waals surface area (Å²) in [4.78, 5) is 37.7. The van der Waals surface area contributed by atoms with Gasteiger partial charge in [0.2, 0.25) is 0 Å². The minimum Gasteiger partial charge on any atom is -0.465 e. The molecule has 2 aliphatic carbocycles. The van der Waals surface area contributed by atoms with Gasteiger partial charge in [-0.25, -0.2) is 0 Å². The minimum atomic E-state index is -1.23. The van der Waals surface area contributed by atoms with Crippen LogP contribution < -0.4 is 0 Å². The number of aliphatic hydroxyl groups excluding tert-OH is 2. The van der Waals surface area contributed by atoms with Crippen LogP contribution in [0.5, 0.6) is 0 Å². The molecule has 0 bridgehead atoms. The van der Waals surface area contributed by atoms with Crippen LogP contribution in [-0.4, -0.2) is 83.9 Å². The summed E-state index contributed by atoms with van der Waals surface area (Å²) in [6.07, 6.45) is -2.17. The molecule has 11 nitrogen and oxygen atoms in total. The lowest BCUT2D eigenvalue weighted by Crippen LogP contribution is -2.74. The third kappa shape index (κ3) is 4.47. The van der Waals surface area contributed by atoms with E-state index in [4.69, 9.17) is 28.4 Å². The highest BCUT2D eigenvalue weighted by Gasteiger charge is 2.81. The highest BCUT2D eigenvalue weighted by molar-refractivity contribution is 5.72. The summed E-state index contributed by atoms with van der Waals surface area (Å²) < 4.78 is 36.0. The van der Waals surface area contributed by atoms with E-state index in [-0.39, 0.29) is 43.5 Å². The zero-order valence-electron chi connectivity index (χ0n) is 24.3. The topological polar surface area (TPSA) is 150 Å². The summed E-state index contributed by atoms with van der Waals surface area (Å²) in [6, 6.07) is 0. The summed E-state index contributed by atoms with van der Waals surface area (Å²) in [5.74, 6) is -2.22. The number of epoxide rings is 1. The van der Waals surface area contributed by atoms with E-state index in [1.54, 1.807) is 6.92 Å². The molecule has 0 aromatic heterocycles. The van der Waals surface area contributed by atoms with Gasteiger partial charge in [0, 0.05) is 31.6 Å². The van der Waals surface area contributed by atoms with E-state index in [2.05, 4.69) is 13.8 Å². The van der Waals surface area contributed by atoms with E-state index >= 15 is 0 Å². The van der Waals surface area contributed by atoms with Crippen LogP contribution in [0.1, 0.15) is 73.6 Å². The van der Waals surface area contributed by atoms with E-state index < -0.39 is 71.1 Å². The third-order valence-electron chi connectivity index (χ3n) is 10.9. The van der Waals surface area contributed by atoms with Crippen molar-refractivity contribution in [2.45, 2.75) is 116 Å². The molecule has 5 rings (SSSR count). The van der Waals surface area contributed by atoms with Crippen molar-refractivity contribution in [2.24, 2.45) is 34.5 Å². The number of aliphatic hydroxyl groups is 2. The first-order valence-corrected chi connectivity index (χ1v) is 14.6. The van der Waals surface area contributed by atoms with Crippen molar-refractivity contribution >= 4 is 17.9 Å². The summed E-state index contributed by atoms with van der Waals surface area (Å²) in [6.45, 7) is 10.5. The standard InChI is InChI=1S/C29H44O11/c1-7-14(2)25(34)40-24-19(32)11-20-27(6,21-9-18-10-23(33)39-26(18)38-21)15(3)8-22(37-17(5)31)28(20,12-35-16(4)30)29(24)13-36-29/h14-15,18-24,26,32-33H,7-13H2,1-6H3/t14?,15-,18+,19-,20-,21+,22+,23-,24+,26-,27+,28+,29-/m1/s1. The van der Waals surface area contributed by atoms with Crippen LogP contribution in [0.3, 0.4) is 0 Å². The SMILES string of the molecule is CCC(C)C(=O)O[C@H]1[C@H](O)C[C@@H]2[C@@](C)([C@@H]3C[C@H]4C[C@H](O)O[C@H]4O3)[C@H](C)C[C@H](OC(C)=O)[C@@]2(COC(C)=O)[C@@]12CO2. The molecular weight excluding hydrogens is 524 g/mol.